The summed E-state index contributed by atoms with van der Waals surface area (Å²) in [6.45, 7) is 4.81. The Balaban J connectivity index is 1.93. The minimum atomic E-state index is 0.577. The van der Waals surface area contributed by atoms with Crippen molar-refractivity contribution in [2.24, 2.45) is 0 Å². The molecule has 1 unspecified atom stereocenters. The van der Waals surface area contributed by atoms with Crippen molar-refractivity contribution in [3.05, 3.63) is 42.0 Å². The Labute approximate surface area is 92.4 Å². The lowest BCUT2D eigenvalue weighted by atomic mass is 10.2. The fraction of sp³-hybridized carbons (Fsp3) is 0.429. The van der Waals surface area contributed by atoms with Crippen LogP contribution in [0.15, 0.2) is 36.4 Å². The van der Waals surface area contributed by atoms with Crippen LogP contribution < -0.4 is 0 Å². The molecule has 1 nitrogen and oxygen atoms in total. The van der Waals surface area contributed by atoms with Gasteiger partial charge < -0.3 is 0 Å². The third kappa shape index (κ3) is 2.93. The maximum Gasteiger partial charge on any atom is 0.0253 e. The van der Waals surface area contributed by atoms with E-state index in [1.807, 2.05) is 0 Å². The van der Waals surface area contributed by atoms with Gasteiger partial charge in [0.05, 0.1) is 0 Å². The lowest BCUT2D eigenvalue weighted by Gasteiger charge is -2.20. The lowest BCUT2D eigenvalue weighted by molar-refractivity contribution is 0.301. The molecule has 15 heavy (non-hydrogen) atoms. The maximum atomic E-state index is 2.54. The van der Waals surface area contributed by atoms with Crippen molar-refractivity contribution in [2.45, 2.75) is 25.8 Å². The molecule has 0 saturated carbocycles. The second-order valence-corrected chi connectivity index (χ2v) is 4.25. The molecule has 0 spiro atoms. The van der Waals surface area contributed by atoms with Crippen LogP contribution in [0.2, 0.25) is 0 Å². The fourth-order valence-electron chi connectivity index (χ4n) is 2.09. The molecule has 1 aromatic carbocycles. The molecule has 0 bridgehead atoms. The van der Waals surface area contributed by atoms with E-state index in [4.69, 9.17) is 0 Å². The van der Waals surface area contributed by atoms with Crippen LogP contribution in [0.5, 0.6) is 0 Å². The van der Waals surface area contributed by atoms with Crippen LogP contribution >= 0.6 is 0 Å². The zero-order valence-electron chi connectivity index (χ0n) is 9.39. The van der Waals surface area contributed by atoms with Gasteiger partial charge >= 0.3 is 0 Å². The largest absolute Gasteiger partial charge is 0.297 e. The first kappa shape index (κ1) is 10.4. The molecular weight excluding hydrogens is 182 g/mol. The molecule has 0 N–H and O–H groups in total. The van der Waals surface area contributed by atoms with Gasteiger partial charge in [0.1, 0.15) is 0 Å². The summed E-state index contributed by atoms with van der Waals surface area (Å²) in [6, 6.07) is 11.1. The Kier molecular flexibility index (Phi) is 3.57. The number of rotatable bonds is 3. The van der Waals surface area contributed by atoms with Gasteiger partial charge in [0, 0.05) is 6.04 Å². The van der Waals surface area contributed by atoms with E-state index in [2.05, 4.69) is 54.3 Å². The van der Waals surface area contributed by atoms with Crippen molar-refractivity contribution in [1.82, 2.24) is 4.90 Å². The molecule has 1 saturated heterocycles. The van der Waals surface area contributed by atoms with Gasteiger partial charge in [0.15, 0.2) is 0 Å². The number of hydrogen-bond acceptors (Lipinski definition) is 1. The first-order valence-electron chi connectivity index (χ1n) is 5.83. The minimum absolute atomic E-state index is 0.577. The molecular formula is C14H19N. The van der Waals surface area contributed by atoms with Gasteiger partial charge in [-0.05, 0) is 38.4 Å². The van der Waals surface area contributed by atoms with Crippen molar-refractivity contribution in [3.63, 3.8) is 0 Å². The van der Waals surface area contributed by atoms with E-state index in [1.54, 1.807) is 0 Å². The van der Waals surface area contributed by atoms with Crippen molar-refractivity contribution in [1.29, 1.82) is 0 Å². The summed E-state index contributed by atoms with van der Waals surface area (Å²) in [7, 11) is 0. The minimum Gasteiger partial charge on any atom is -0.297 e. The Morgan fingerprint density at radius 1 is 1.13 bits per heavy atom. The highest BCUT2D eigenvalue weighted by Crippen LogP contribution is 2.13. The van der Waals surface area contributed by atoms with E-state index in [9.17, 15) is 0 Å². The quantitative estimate of drug-likeness (QED) is 0.726. The molecule has 1 atom stereocenters. The van der Waals surface area contributed by atoms with Gasteiger partial charge in [-0.3, -0.25) is 4.90 Å². The van der Waals surface area contributed by atoms with Crippen LogP contribution in [0, 0.1) is 0 Å². The third-order valence-electron chi connectivity index (χ3n) is 3.08. The van der Waals surface area contributed by atoms with E-state index >= 15 is 0 Å². The number of nitrogens with zero attached hydrogens (tertiary/aromatic N) is 1. The Morgan fingerprint density at radius 2 is 1.80 bits per heavy atom. The summed E-state index contributed by atoms with van der Waals surface area (Å²) in [5, 5.41) is 0. The highest BCUT2D eigenvalue weighted by molar-refractivity contribution is 5.49. The zero-order chi connectivity index (χ0) is 10.5. The molecule has 1 aliphatic heterocycles. The van der Waals surface area contributed by atoms with Crippen LogP contribution in [-0.4, -0.2) is 24.0 Å². The second-order valence-electron chi connectivity index (χ2n) is 4.25. The Bertz CT molecular complexity index is 309. The first-order valence-corrected chi connectivity index (χ1v) is 5.83. The van der Waals surface area contributed by atoms with Gasteiger partial charge in [-0.1, -0.05) is 42.5 Å². The molecule has 80 valence electrons. The number of hydrogen-bond donors (Lipinski definition) is 0. The molecule has 2 rings (SSSR count). The highest BCUT2D eigenvalue weighted by Gasteiger charge is 2.15. The molecule has 0 radical (unpaired) electrons. The molecule has 1 heterocycles. The van der Waals surface area contributed by atoms with Crippen molar-refractivity contribution in [3.8, 4) is 0 Å². The Hall–Kier alpha value is -1.08. The van der Waals surface area contributed by atoms with E-state index in [1.165, 1.54) is 31.5 Å². The molecule has 1 aromatic rings. The van der Waals surface area contributed by atoms with Gasteiger partial charge in [0.25, 0.3) is 0 Å². The average Bonchev–Trinajstić information content (AvgIpc) is 2.81. The molecule has 0 aromatic heterocycles. The maximum absolute atomic E-state index is 2.54. The van der Waals surface area contributed by atoms with Crippen LogP contribution in [0.1, 0.15) is 25.3 Å². The summed E-state index contributed by atoms with van der Waals surface area (Å²) in [6.07, 6.45) is 7.26. The standard InChI is InChI=1S/C14H19N/c1-13(15-11-5-6-12-15)9-10-14-7-3-2-4-8-14/h2-4,7-10,13H,5-6,11-12H2,1H3. The number of likely N-dealkylation sites (tertiary alicyclic amines) is 1. The first-order chi connectivity index (χ1) is 7.36. The predicted octanol–water partition coefficient (Wildman–Crippen LogP) is 3.18. The molecule has 0 aliphatic carbocycles. The lowest BCUT2D eigenvalue weighted by Crippen LogP contribution is -2.28. The highest BCUT2D eigenvalue weighted by atomic mass is 15.2. The normalized spacial score (nSPS) is 19.8. The van der Waals surface area contributed by atoms with Gasteiger partial charge in [-0.2, -0.15) is 0 Å². The molecule has 1 aliphatic rings. The van der Waals surface area contributed by atoms with Crippen molar-refractivity contribution < 1.29 is 0 Å². The summed E-state index contributed by atoms with van der Waals surface area (Å²) < 4.78 is 0. The smallest absolute Gasteiger partial charge is 0.0253 e. The van der Waals surface area contributed by atoms with E-state index < -0.39 is 0 Å². The second kappa shape index (κ2) is 5.13. The summed E-state index contributed by atoms with van der Waals surface area (Å²) >= 11 is 0. The summed E-state index contributed by atoms with van der Waals surface area (Å²) in [5.74, 6) is 0. The van der Waals surface area contributed by atoms with E-state index in [0.717, 1.165) is 0 Å². The van der Waals surface area contributed by atoms with Gasteiger partial charge in [-0.25, -0.2) is 0 Å². The van der Waals surface area contributed by atoms with Crippen molar-refractivity contribution >= 4 is 6.08 Å². The van der Waals surface area contributed by atoms with E-state index in [-0.39, 0.29) is 0 Å². The molecule has 1 fully saturated rings. The summed E-state index contributed by atoms with van der Waals surface area (Å²) in [5.41, 5.74) is 1.29. The van der Waals surface area contributed by atoms with Crippen molar-refractivity contribution in [2.75, 3.05) is 13.1 Å². The van der Waals surface area contributed by atoms with Crippen LogP contribution in [0.3, 0.4) is 0 Å². The zero-order valence-corrected chi connectivity index (χ0v) is 9.39. The SMILES string of the molecule is CC(C=Cc1ccccc1)N1CCCC1. The number of benzene rings is 1. The van der Waals surface area contributed by atoms with Crippen LogP contribution in [0.4, 0.5) is 0 Å². The van der Waals surface area contributed by atoms with E-state index in [0.29, 0.717) is 6.04 Å². The van der Waals surface area contributed by atoms with Gasteiger partial charge in [-0.15, -0.1) is 0 Å². The third-order valence-corrected chi connectivity index (χ3v) is 3.08. The molecule has 1 heteroatoms. The molecule has 0 amide bonds. The fourth-order valence-corrected chi connectivity index (χ4v) is 2.09. The van der Waals surface area contributed by atoms with Crippen LogP contribution in [0.25, 0.3) is 6.08 Å². The topological polar surface area (TPSA) is 3.24 Å². The predicted molar refractivity (Wildman–Crippen MR) is 65.7 cm³/mol. The average molecular weight is 201 g/mol. The monoisotopic (exact) mass is 201 g/mol. The van der Waals surface area contributed by atoms with Crippen LogP contribution in [-0.2, 0) is 0 Å². The summed E-state index contributed by atoms with van der Waals surface area (Å²) in [4.78, 5) is 2.54. The van der Waals surface area contributed by atoms with Gasteiger partial charge in [0.2, 0.25) is 0 Å². The Morgan fingerprint density at radius 3 is 2.47 bits per heavy atom.